The zero-order valence-corrected chi connectivity index (χ0v) is 11.0. The molecule has 1 unspecified atom stereocenters. The first-order chi connectivity index (χ1) is 8.08. The Balaban J connectivity index is 2.70. The molecule has 0 spiro atoms. The first-order valence-electron chi connectivity index (χ1n) is 5.24. The van der Waals surface area contributed by atoms with Gasteiger partial charge in [-0.2, -0.15) is 5.26 Å². The van der Waals surface area contributed by atoms with Gasteiger partial charge in [0, 0.05) is 16.7 Å². The van der Waals surface area contributed by atoms with Crippen molar-refractivity contribution in [1.29, 1.82) is 5.26 Å². The van der Waals surface area contributed by atoms with Gasteiger partial charge in [-0.15, -0.1) is 0 Å². The fourth-order valence-corrected chi connectivity index (χ4v) is 1.89. The molecule has 0 aromatic heterocycles. The van der Waals surface area contributed by atoms with Crippen LogP contribution >= 0.6 is 15.9 Å². The zero-order chi connectivity index (χ0) is 12.8. The first-order valence-corrected chi connectivity index (χ1v) is 6.04. The molecule has 2 N–H and O–H groups in total. The van der Waals surface area contributed by atoms with Gasteiger partial charge in [-0.1, -0.05) is 6.92 Å². The van der Waals surface area contributed by atoms with Gasteiger partial charge in [0.05, 0.1) is 17.6 Å². The van der Waals surface area contributed by atoms with Crippen molar-refractivity contribution < 1.29 is 9.90 Å². The van der Waals surface area contributed by atoms with Crippen molar-refractivity contribution in [3.63, 3.8) is 0 Å². The first kappa shape index (κ1) is 13.5. The van der Waals surface area contributed by atoms with Crippen molar-refractivity contribution in [2.24, 2.45) is 5.92 Å². The average Bonchev–Trinajstić information content (AvgIpc) is 2.31. The molecular formula is C12H13BrN2O2. The quantitative estimate of drug-likeness (QED) is 0.876. The van der Waals surface area contributed by atoms with E-state index in [0.29, 0.717) is 18.5 Å². The van der Waals surface area contributed by atoms with Crippen LogP contribution in [0.3, 0.4) is 0 Å². The highest BCUT2D eigenvalue weighted by atomic mass is 79.9. The van der Waals surface area contributed by atoms with E-state index in [9.17, 15) is 4.79 Å². The summed E-state index contributed by atoms with van der Waals surface area (Å²) in [5, 5.41) is 20.7. The summed E-state index contributed by atoms with van der Waals surface area (Å²) < 4.78 is 0.761. The number of carboxylic acids is 1. The second-order valence-electron chi connectivity index (χ2n) is 3.63. The van der Waals surface area contributed by atoms with Crippen LogP contribution in [0.15, 0.2) is 22.7 Å². The average molecular weight is 297 g/mol. The van der Waals surface area contributed by atoms with Gasteiger partial charge >= 0.3 is 5.97 Å². The van der Waals surface area contributed by atoms with Crippen LogP contribution in [-0.2, 0) is 4.79 Å². The Hall–Kier alpha value is -1.54. The molecule has 0 saturated carbocycles. The third-order valence-electron chi connectivity index (χ3n) is 2.48. The molecule has 0 aliphatic heterocycles. The van der Waals surface area contributed by atoms with E-state index < -0.39 is 11.9 Å². The molecule has 90 valence electrons. The summed E-state index contributed by atoms with van der Waals surface area (Å²) in [4.78, 5) is 10.8. The summed E-state index contributed by atoms with van der Waals surface area (Å²) >= 11 is 3.34. The summed E-state index contributed by atoms with van der Waals surface area (Å²) in [6.45, 7) is 2.21. The summed E-state index contributed by atoms with van der Waals surface area (Å²) in [5.74, 6) is -1.21. The Morgan fingerprint density at radius 2 is 2.35 bits per heavy atom. The number of benzene rings is 1. The van der Waals surface area contributed by atoms with Crippen molar-refractivity contribution in [2.75, 3.05) is 11.9 Å². The SMILES string of the molecule is CCC(CNc1ccc(C#N)cc1Br)C(=O)O. The minimum atomic E-state index is -0.801. The standard InChI is InChI=1S/C12H13BrN2O2/c1-2-9(12(16)17)7-15-11-4-3-8(6-14)5-10(11)13/h3-5,9,15H,2,7H2,1H3,(H,16,17). The predicted octanol–water partition coefficient (Wildman–Crippen LogP) is 2.84. The van der Waals surface area contributed by atoms with E-state index in [4.69, 9.17) is 10.4 Å². The second kappa shape index (κ2) is 6.26. The van der Waals surface area contributed by atoms with Gasteiger partial charge < -0.3 is 10.4 Å². The molecule has 1 rings (SSSR count). The molecule has 0 saturated heterocycles. The molecule has 0 heterocycles. The maximum Gasteiger partial charge on any atom is 0.308 e. The number of carboxylic acid groups (broad SMARTS) is 1. The highest BCUT2D eigenvalue weighted by molar-refractivity contribution is 9.10. The number of nitrogens with zero attached hydrogens (tertiary/aromatic N) is 1. The van der Waals surface area contributed by atoms with E-state index in [1.165, 1.54) is 0 Å². The Labute approximate surface area is 108 Å². The topological polar surface area (TPSA) is 73.1 Å². The molecule has 5 heteroatoms. The van der Waals surface area contributed by atoms with Gasteiger partial charge in [0.25, 0.3) is 0 Å². The number of aliphatic carboxylic acids is 1. The van der Waals surface area contributed by atoms with Crippen LogP contribution in [-0.4, -0.2) is 17.6 Å². The van der Waals surface area contributed by atoms with Crippen LogP contribution in [0.5, 0.6) is 0 Å². The van der Waals surface area contributed by atoms with E-state index >= 15 is 0 Å². The molecule has 0 amide bonds. The van der Waals surface area contributed by atoms with Crippen LogP contribution in [0, 0.1) is 17.2 Å². The highest BCUT2D eigenvalue weighted by Crippen LogP contribution is 2.23. The Morgan fingerprint density at radius 3 is 2.82 bits per heavy atom. The van der Waals surface area contributed by atoms with Gasteiger partial charge in [-0.25, -0.2) is 0 Å². The third-order valence-corrected chi connectivity index (χ3v) is 3.14. The van der Waals surface area contributed by atoms with Gasteiger partial charge in [0.1, 0.15) is 0 Å². The Kier molecular flexibility index (Phi) is 4.98. The molecular weight excluding hydrogens is 284 g/mol. The van der Waals surface area contributed by atoms with Crippen molar-refractivity contribution in [1.82, 2.24) is 0 Å². The fourth-order valence-electron chi connectivity index (χ4n) is 1.37. The Morgan fingerprint density at radius 1 is 1.65 bits per heavy atom. The normalized spacial score (nSPS) is 11.6. The summed E-state index contributed by atoms with van der Waals surface area (Å²) in [6, 6.07) is 7.19. The number of nitrogens with one attached hydrogen (secondary N) is 1. The van der Waals surface area contributed by atoms with Crippen molar-refractivity contribution >= 4 is 27.6 Å². The van der Waals surface area contributed by atoms with Gasteiger partial charge in [0.15, 0.2) is 0 Å². The van der Waals surface area contributed by atoms with Crippen LogP contribution < -0.4 is 5.32 Å². The maximum absolute atomic E-state index is 10.8. The molecule has 1 atom stereocenters. The van der Waals surface area contributed by atoms with E-state index in [1.54, 1.807) is 18.2 Å². The van der Waals surface area contributed by atoms with Gasteiger partial charge in [-0.3, -0.25) is 4.79 Å². The minimum absolute atomic E-state index is 0.371. The van der Waals surface area contributed by atoms with Crippen molar-refractivity contribution in [3.8, 4) is 6.07 Å². The van der Waals surface area contributed by atoms with Crippen molar-refractivity contribution in [2.45, 2.75) is 13.3 Å². The van der Waals surface area contributed by atoms with E-state index in [-0.39, 0.29) is 0 Å². The minimum Gasteiger partial charge on any atom is -0.481 e. The largest absolute Gasteiger partial charge is 0.481 e. The number of hydrogen-bond donors (Lipinski definition) is 2. The summed E-state index contributed by atoms with van der Waals surface area (Å²) in [5.41, 5.74) is 1.36. The molecule has 4 nitrogen and oxygen atoms in total. The molecule has 1 aromatic carbocycles. The molecule has 1 aromatic rings. The number of hydrogen-bond acceptors (Lipinski definition) is 3. The fraction of sp³-hybridized carbons (Fsp3) is 0.333. The number of carbonyl (C=O) groups is 1. The summed E-state index contributed by atoms with van der Waals surface area (Å²) in [7, 11) is 0. The molecule has 0 aliphatic rings. The lowest BCUT2D eigenvalue weighted by molar-refractivity contribution is -0.141. The molecule has 0 fully saturated rings. The van der Waals surface area contributed by atoms with Crippen LogP contribution in [0.4, 0.5) is 5.69 Å². The van der Waals surface area contributed by atoms with Gasteiger partial charge in [-0.05, 0) is 40.5 Å². The molecule has 0 aliphatic carbocycles. The third kappa shape index (κ3) is 3.75. The second-order valence-corrected chi connectivity index (χ2v) is 4.49. The van der Waals surface area contributed by atoms with E-state index in [2.05, 4.69) is 21.2 Å². The summed E-state index contributed by atoms with van der Waals surface area (Å²) in [6.07, 6.45) is 0.580. The van der Waals surface area contributed by atoms with Crippen molar-refractivity contribution in [3.05, 3.63) is 28.2 Å². The van der Waals surface area contributed by atoms with Crippen LogP contribution in [0.25, 0.3) is 0 Å². The maximum atomic E-state index is 10.8. The van der Waals surface area contributed by atoms with Gasteiger partial charge in [0.2, 0.25) is 0 Å². The lowest BCUT2D eigenvalue weighted by Crippen LogP contribution is -2.22. The molecule has 0 radical (unpaired) electrons. The monoisotopic (exact) mass is 296 g/mol. The molecule has 0 bridgehead atoms. The number of nitriles is 1. The molecule has 17 heavy (non-hydrogen) atoms. The van der Waals surface area contributed by atoms with Crippen LogP contribution in [0.2, 0.25) is 0 Å². The highest BCUT2D eigenvalue weighted by Gasteiger charge is 2.14. The number of rotatable bonds is 5. The number of halogens is 1. The predicted molar refractivity (Wildman–Crippen MR) is 68.8 cm³/mol. The smallest absolute Gasteiger partial charge is 0.308 e. The van der Waals surface area contributed by atoms with E-state index in [0.717, 1.165) is 10.2 Å². The zero-order valence-electron chi connectivity index (χ0n) is 9.40. The number of anilines is 1. The van der Waals surface area contributed by atoms with E-state index in [1.807, 2.05) is 13.0 Å². The lowest BCUT2D eigenvalue weighted by atomic mass is 10.1. The Bertz CT molecular complexity index is 454. The lowest BCUT2D eigenvalue weighted by Gasteiger charge is -2.13. The van der Waals surface area contributed by atoms with Crippen LogP contribution in [0.1, 0.15) is 18.9 Å².